The van der Waals surface area contributed by atoms with Crippen molar-refractivity contribution in [2.75, 3.05) is 5.73 Å². The number of nitrogens with zero attached hydrogens (tertiary/aromatic N) is 2. The molecule has 4 nitrogen and oxygen atoms in total. The number of carbonyl (C=O) groups is 1. The molecule has 3 rings (SSSR count). The van der Waals surface area contributed by atoms with Gasteiger partial charge in [-0.2, -0.15) is 0 Å². The van der Waals surface area contributed by atoms with Gasteiger partial charge in [-0.25, -0.2) is 0 Å². The number of aromatic nitrogens is 1. The molecule has 1 aromatic carbocycles. The number of fused-ring (bicyclic) bond motifs is 1. The van der Waals surface area contributed by atoms with Gasteiger partial charge in [-0.1, -0.05) is 24.3 Å². The monoisotopic (exact) mass is 255 g/mol. The Morgan fingerprint density at radius 2 is 1.84 bits per heavy atom. The molecule has 98 valence electrons. The third kappa shape index (κ3) is 1.89. The highest BCUT2D eigenvalue weighted by molar-refractivity contribution is 5.98. The van der Waals surface area contributed by atoms with Crippen LogP contribution in [0.2, 0.25) is 0 Å². The van der Waals surface area contributed by atoms with E-state index in [4.69, 9.17) is 5.73 Å². The van der Waals surface area contributed by atoms with E-state index < -0.39 is 0 Å². The Balaban J connectivity index is 1.85. The molecule has 0 saturated heterocycles. The Morgan fingerprint density at radius 3 is 2.37 bits per heavy atom. The summed E-state index contributed by atoms with van der Waals surface area (Å²) in [4.78, 5) is 14.3. The molecule has 19 heavy (non-hydrogen) atoms. The normalized spacial score (nSPS) is 13.6. The summed E-state index contributed by atoms with van der Waals surface area (Å²) in [6.45, 7) is 4.13. The predicted molar refractivity (Wildman–Crippen MR) is 74.5 cm³/mol. The maximum absolute atomic E-state index is 12.5. The van der Waals surface area contributed by atoms with E-state index in [0.717, 1.165) is 6.54 Å². The Bertz CT molecular complexity index is 605. The summed E-state index contributed by atoms with van der Waals surface area (Å²) in [5.74, 6) is 0.573. The Labute approximate surface area is 112 Å². The van der Waals surface area contributed by atoms with Gasteiger partial charge in [-0.05, 0) is 24.1 Å². The van der Waals surface area contributed by atoms with Gasteiger partial charge in [-0.15, -0.1) is 0 Å². The lowest BCUT2D eigenvalue weighted by molar-refractivity contribution is 0.0752. The Kier molecular flexibility index (Phi) is 2.78. The van der Waals surface area contributed by atoms with Crippen molar-refractivity contribution >= 4 is 11.7 Å². The average Bonchev–Trinajstić information content (AvgIpc) is 3.01. The van der Waals surface area contributed by atoms with Crippen LogP contribution < -0.4 is 5.73 Å². The summed E-state index contributed by atoms with van der Waals surface area (Å²) in [7, 11) is 0. The first kappa shape index (κ1) is 11.8. The van der Waals surface area contributed by atoms with Gasteiger partial charge in [0.05, 0.1) is 5.56 Å². The van der Waals surface area contributed by atoms with Crippen LogP contribution in [0.4, 0.5) is 5.82 Å². The van der Waals surface area contributed by atoms with Crippen LogP contribution in [0.15, 0.2) is 36.5 Å². The molecule has 4 heteroatoms. The van der Waals surface area contributed by atoms with E-state index in [2.05, 4.69) is 12.1 Å². The summed E-state index contributed by atoms with van der Waals surface area (Å²) in [5, 5.41) is 0. The van der Waals surface area contributed by atoms with Crippen molar-refractivity contribution in [3.63, 3.8) is 0 Å². The maximum Gasteiger partial charge on any atom is 0.258 e. The van der Waals surface area contributed by atoms with Gasteiger partial charge in [0.2, 0.25) is 0 Å². The van der Waals surface area contributed by atoms with Gasteiger partial charge in [0.1, 0.15) is 5.82 Å². The molecular weight excluding hydrogens is 238 g/mol. The SMILES string of the molecule is CCn1ccc(C(=O)N2Cc3ccccc3C2)c1N. The topological polar surface area (TPSA) is 51.3 Å². The summed E-state index contributed by atoms with van der Waals surface area (Å²) >= 11 is 0. The highest BCUT2D eigenvalue weighted by Crippen LogP contribution is 2.25. The Hall–Kier alpha value is -2.23. The fourth-order valence-corrected chi connectivity index (χ4v) is 2.59. The number of anilines is 1. The number of amides is 1. The molecule has 0 radical (unpaired) electrons. The molecule has 0 saturated carbocycles. The summed E-state index contributed by atoms with van der Waals surface area (Å²) in [5.41, 5.74) is 9.06. The highest BCUT2D eigenvalue weighted by atomic mass is 16.2. The number of rotatable bonds is 2. The van der Waals surface area contributed by atoms with Gasteiger partial charge in [0, 0.05) is 25.8 Å². The molecule has 0 bridgehead atoms. The van der Waals surface area contributed by atoms with E-state index in [1.807, 2.05) is 40.8 Å². The van der Waals surface area contributed by atoms with E-state index in [0.29, 0.717) is 24.5 Å². The standard InChI is InChI=1S/C15H17N3O/c1-2-17-8-7-13(14(17)16)15(19)18-9-11-5-3-4-6-12(11)10-18/h3-8H,2,9-10,16H2,1H3. The second-order valence-corrected chi connectivity index (χ2v) is 4.83. The summed E-state index contributed by atoms with van der Waals surface area (Å²) < 4.78 is 1.89. The quantitative estimate of drug-likeness (QED) is 0.894. The lowest BCUT2D eigenvalue weighted by Gasteiger charge is -2.15. The first-order valence-corrected chi connectivity index (χ1v) is 6.51. The summed E-state index contributed by atoms with van der Waals surface area (Å²) in [6.07, 6.45) is 1.87. The maximum atomic E-state index is 12.5. The third-order valence-electron chi connectivity index (χ3n) is 3.71. The molecule has 1 amide bonds. The van der Waals surface area contributed by atoms with Crippen LogP contribution in [0.5, 0.6) is 0 Å². The number of hydrogen-bond acceptors (Lipinski definition) is 2. The van der Waals surface area contributed by atoms with Crippen molar-refractivity contribution in [2.45, 2.75) is 26.6 Å². The average molecular weight is 255 g/mol. The van der Waals surface area contributed by atoms with Gasteiger partial charge >= 0.3 is 0 Å². The van der Waals surface area contributed by atoms with Crippen LogP contribution >= 0.6 is 0 Å². The second-order valence-electron chi connectivity index (χ2n) is 4.83. The molecule has 0 aliphatic carbocycles. The molecular formula is C15H17N3O. The molecule has 1 aliphatic heterocycles. The van der Waals surface area contributed by atoms with E-state index in [9.17, 15) is 4.79 Å². The first-order chi connectivity index (χ1) is 9.20. The first-order valence-electron chi connectivity index (χ1n) is 6.51. The van der Waals surface area contributed by atoms with Gasteiger partial charge in [0.15, 0.2) is 0 Å². The zero-order valence-corrected chi connectivity index (χ0v) is 11.0. The number of nitrogens with two attached hydrogens (primary N) is 1. The molecule has 0 atom stereocenters. The second kappa shape index (κ2) is 4.46. The zero-order chi connectivity index (χ0) is 13.4. The number of hydrogen-bond donors (Lipinski definition) is 1. The largest absolute Gasteiger partial charge is 0.384 e. The predicted octanol–water partition coefficient (Wildman–Crippen LogP) is 2.25. The molecule has 0 unspecified atom stereocenters. The fraction of sp³-hybridized carbons (Fsp3) is 0.267. The molecule has 2 N–H and O–H groups in total. The molecule has 2 heterocycles. The lowest BCUT2D eigenvalue weighted by Crippen LogP contribution is -2.26. The minimum absolute atomic E-state index is 0.0147. The Morgan fingerprint density at radius 1 is 1.21 bits per heavy atom. The number of benzene rings is 1. The van der Waals surface area contributed by atoms with Gasteiger partial charge < -0.3 is 15.2 Å². The van der Waals surface area contributed by atoms with Gasteiger partial charge in [0.25, 0.3) is 5.91 Å². The van der Waals surface area contributed by atoms with E-state index >= 15 is 0 Å². The zero-order valence-electron chi connectivity index (χ0n) is 11.0. The van der Waals surface area contributed by atoms with Crippen molar-refractivity contribution in [3.05, 3.63) is 53.2 Å². The smallest absolute Gasteiger partial charge is 0.258 e. The van der Waals surface area contributed by atoms with Crippen LogP contribution in [0.3, 0.4) is 0 Å². The van der Waals surface area contributed by atoms with Crippen molar-refractivity contribution in [2.24, 2.45) is 0 Å². The van der Waals surface area contributed by atoms with E-state index in [-0.39, 0.29) is 5.91 Å². The van der Waals surface area contributed by atoms with Crippen LogP contribution in [-0.2, 0) is 19.6 Å². The van der Waals surface area contributed by atoms with Crippen molar-refractivity contribution in [1.82, 2.24) is 9.47 Å². The van der Waals surface area contributed by atoms with Crippen LogP contribution in [0, 0.1) is 0 Å². The van der Waals surface area contributed by atoms with Crippen LogP contribution in [0.1, 0.15) is 28.4 Å². The van der Waals surface area contributed by atoms with E-state index in [1.54, 1.807) is 0 Å². The van der Waals surface area contributed by atoms with Crippen molar-refractivity contribution < 1.29 is 4.79 Å². The van der Waals surface area contributed by atoms with Crippen molar-refractivity contribution in [3.8, 4) is 0 Å². The molecule has 1 aromatic heterocycles. The van der Waals surface area contributed by atoms with Gasteiger partial charge in [-0.3, -0.25) is 4.79 Å². The minimum Gasteiger partial charge on any atom is -0.384 e. The number of aryl methyl sites for hydroxylation is 1. The number of nitrogen functional groups attached to an aromatic ring is 1. The number of carbonyl (C=O) groups excluding carboxylic acids is 1. The molecule has 0 fully saturated rings. The minimum atomic E-state index is 0.0147. The molecule has 0 spiro atoms. The highest BCUT2D eigenvalue weighted by Gasteiger charge is 2.25. The fourth-order valence-electron chi connectivity index (χ4n) is 2.59. The third-order valence-corrected chi connectivity index (χ3v) is 3.71. The van der Waals surface area contributed by atoms with Crippen molar-refractivity contribution in [1.29, 1.82) is 0 Å². The lowest BCUT2D eigenvalue weighted by atomic mass is 10.1. The molecule has 2 aromatic rings. The molecule has 1 aliphatic rings. The van der Waals surface area contributed by atoms with E-state index in [1.165, 1.54) is 11.1 Å². The summed E-state index contributed by atoms with van der Waals surface area (Å²) in [6, 6.07) is 9.97. The van der Waals surface area contributed by atoms with Crippen LogP contribution in [-0.4, -0.2) is 15.4 Å². The van der Waals surface area contributed by atoms with Crippen LogP contribution in [0.25, 0.3) is 0 Å².